The number of aromatic nitrogens is 2. The van der Waals surface area contributed by atoms with Crippen LogP contribution in [0.4, 0.5) is 0 Å². The first kappa shape index (κ1) is 29.9. The molecule has 42 heavy (non-hydrogen) atoms. The first-order valence-electron chi connectivity index (χ1n) is 13.8. The molecule has 0 atom stereocenters. The molecular formula is C33H31Cl2N5OS. The highest BCUT2D eigenvalue weighted by atomic mass is 35.5. The molecule has 5 rings (SSSR count). The molecule has 0 radical (unpaired) electrons. The Kier molecular flexibility index (Phi) is 9.69. The van der Waals surface area contributed by atoms with Gasteiger partial charge in [0.25, 0.3) is 5.91 Å². The summed E-state index contributed by atoms with van der Waals surface area (Å²) in [5.41, 5.74) is 7.69. The second kappa shape index (κ2) is 13.6. The average molecular weight is 617 g/mol. The molecule has 3 heterocycles. The molecule has 1 aliphatic rings. The summed E-state index contributed by atoms with van der Waals surface area (Å²) in [4.78, 5) is 17.5. The van der Waals surface area contributed by atoms with E-state index in [-0.39, 0.29) is 5.91 Å². The minimum Gasteiger partial charge on any atom is -0.291 e. The number of amides is 1. The maximum absolute atomic E-state index is 13.8. The third-order valence-electron chi connectivity index (χ3n) is 6.96. The number of terminal acetylenes is 1. The van der Waals surface area contributed by atoms with Crippen molar-refractivity contribution in [3.05, 3.63) is 91.9 Å². The van der Waals surface area contributed by atoms with Crippen LogP contribution in [0.25, 0.3) is 16.3 Å². The normalized spacial score (nSPS) is 13.4. The standard InChI is InChI=1S/C33H31Cl2N5OS/c1-4-18-38(3)22-27-31(33(41)37-39-19-6-5-7-20-39)36-40(29-16-13-25(34)21-28(29)35)32(27)30-17-15-26(42-30)14-12-24-10-8-23(2)9-11-24/h1,8-11,13,15-17,21H,5-7,18-20,22H2,2-3H3,(H,37,41). The van der Waals surface area contributed by atoms with E-state index in [1.165, 1.54) is 16.9 Å². The predicted molar refractivity (Wildman–Crippen MR) is 172 cm³/mol. The lowest BCUT2D eigenvalue weighted by atomic mass is 10.1. The van der Waals surface area contributed by atoms with Gasteiger partial charge in [0.15, 0.2) is 5.69 Å². The molecule has 1 amide bonds. The Morgan fingerprint density at radius 2 is 1.83 bits per heavy atom. The fourth-order valence-corrected chi connectivity index (χ4v) is 6.26. The Labute approximate surface area is 261 Å². The molecule has 4 aromatic rings. The van der Waals surface area contributed by atoms with E-state index >= 15 is 0 Å². The second-order valence-corrected chi connectivity index (χ2v) is 12.3. The fourth-order valence-electron chi connectivity index (χ4n) is 4.85. The van der Waals surface area contributed by atoms with Crippen LogP contribution in [0.15, 0.2) is 54.6 Å². The van der Waals surface area contributed by atoms with E-state index in [9.17, 15) is 4.79 Å². The van der Waals surface area contributed by atoms with Crippen molar-refractivity contribution in [3.8, 4) is 40.4 Å². The molecule has 214 valence electrons. The van der Waals surface area contributed by atoms with Crippen LogP contribution >= 0.6 is 34.5 Å². The highest BCUT2D eigenvalue weighted by Crippen LogP contribution is 2.37. The lowest BCUT2D eigenvalue weighted by molar-refractivity contribution is 0.0742. The fraction of sp³-hybridized carbons (Fsp3) is 0.273. The predicted octanol–water partition coefficient (Wildman–Crippen LogP) is 6.81. The Morgan fingerprint density at radius 3 is 2.55 bits per heavy atom. The number of thiophene rings is 1. The lowest BCUT2D eigenvalue weighted by Gasteiger charge is -2.26. The number of nitrogens with one attached hydrogen (secondary N) is 1. The van der Waals surface area contributed by atoms with Gasteiger partial charge in [-0.1, -0.05) is 65.1 Å². The molecule has 0 spiro atoms. The Morgan fingerprint density at radius 1 is 1.07 bits per heavy atom. The van der Waals surface area contributed by atoms with Crippen molar-refractivity contribution >= 4 is 40.4 Å². The smallest absolute Gasteiger partial charge is 0.286 e. The number of rotatable bonds is 7. The summed E-state index contributed by atoms with van der Waals surface area (Å²) in [6.45, 7) is 4.50. The van der Waals surface area contributed by atoms with Gasteiger partial charge in [-0.3, -0.25) is 15.1 Å². The summed E-state index contributed by atoms with van der Waals surface area (Å²) in [5.74, 6) is 8.97. The molecule has 1 saturated heterocycles. The van der Waals surface area contributed by atoms with E-state index in [1.54, 1.807) is 16.8 Å². The van der Waals surface area contributed by atoms with Crippen molar-refractivity contribution in [3.63, 3.8) is 0 Å². The van der Waals surface area contributed by atoms with Crippen LogP contribution in [0.2, 0.25) is 10.0 Å². The number of carbonyl (C=O) groups excluding carboxylic acids is 1. The van der Waals surface area contributed by atoms with Gasteiger partial charge in [0.05, 0.1) is 32.7 Å². The number of aryl methyl sites for hydroxylation is 1. The number of hydrazine groups is 1. The molecule has 1 aliphatic heterocycles. The molecule has 2 aromatic carbocycles. The Balaban J connectivity index is 1.63. The van der Waals surface area contributed by atoms with Crippen molar-refractivity contribution in [2.75, 3.05) is 26.7 Å². The zero-order valence-electron chi connectivity index (χ0n) is 23.6. The van der Waals surface area contributed by atoms with Crippen LogP contribution in [0.3, 0.4) is 0 Å². The number of hydrogen-bond acceptors (Lipinski definition) is 5. The van der Waals surface area contributed by atoms with Crippen LogP contribution in [0.5, 0.6) is 0 Å². The van der Waals surface area contributed by atoms with Gasteiger partial charge in [-0.2, -0.15) is 5.10 Å². The molecule has 1 N–H and O–H groups in total. The van der Waals surface area contributed by atoms with Crippen molar-refractivity contribution in [1.29, 1.82) is 0 Å². The highest BCUT2D eigenvalue weighted by Gasteiger charge is 2.28. The van der Waals surface area contributed by atoms with Gasteiger partial charge < -0.3 is 0 Å². The molecule has 0 saturated carbocycles. The first-order valence-corrected chi connectivity index (χ1v) is 15.3. The quantitative estimate of drug-likeness (QED) is 0.232. The maximum Gasteiger partial charge on any atom is 0.286 e. The summed E-state index contributed by atoms with van der Waals surface area (Å²) < 4.78 is 1.74. The minimum atomic E-state index is -0.262. The van der Waals surface area contributed by atoms with Crippen molar-refractivity contribution in [2.24, 2.45) is 0 Å². The lowest BCUT2D eigenvalue weighted by Crippen LogP contribution is -2.45. The first-order chi connectivity index (χ1) is 20.3. The summed E-state index contributed by atoms with van der Waals surface area (Å²) in [6.07, 6.45) is 8.88. The summed E-state index contributed by atoms with van der Waals surface area (Å²) >= 11 is 14.5. The van der Waals surface area contributed by atoms with Crippen molar-refractivity contribution < 1.29 is 4.79 Å². The monoisotopic (exact) mass is 615 g/mol. The van der Waals surface area contributed by atoms with E-state index < -0.39 is 0 Å². The maximum atomic E-state index is 13.8. The molecule has 0 unspecified atom stereocenters. The molecule has 9 heteroatoms. The van der Waals surface area contributed by atoms with Crippen molar-refractivity contribution in [2.45, 2.75) is 32.7 Å². The summed E-state index contributed by atoms with van der Waals surface area (Å²) in [7, 11) is 1.93. The number of hydrogen-bond donors (Lipinski definition) is 1. The third-order valence-corrected chi connectivity index (χ3v) is 8.51. The van der Waals surface area contributed by atoms with E-state index in [0.717, 1.165) is 58.9 Å². The Hall–Kier alpha value is -3.56. The van der Waals surface area contributed by atoms with Gasteiger partial charge in [-0.15, -0.1) is 17.8 Å². The molecule has 2 aromatic heterocycles. The van der Waals surface area contributed by atoms with E-state index in [1.807, 2.05) is 59.4 Å². The molecule has 0 bridgehead atoms. The van der Waals surface area contributed by atoms with Gasteiger partial charge >= 0.3 is 0 Å². The number of halogens is 2. The number of nitrogens with zero attached hydrogens (tertiary/aromatic N) is 4. The van der Waals surface area contributed by atoms with Crippen LogP contribution in [-0.2, 0) is 6.54 Å². The SMILES string of the molecule is C#CCN(C)Cc1c(C(=O)NN2CCCCC2)nn(-c2ccc(Cl)cc2Cl)c1-c1ccc(C#Cc2ccc(C)cc2)s1. The van der Waals surface area contributed by atoms with Crippen molar-refractivity contribution in [1.82, 2.24) is 25.1 Å². The van der Waals surface area contributed by atoms with Gasteiger partial charge in [-0.25, -0.2) is 9.69 Å². The number of benzene rings is 2. The van der Waals surface area contributed by atoms with Crippen LogP contribution in [0.1, 0.15) is 51.3 Å². The molecular weight excluding hydrogens is 585 g/mol. The van der Waals surface area contributed by atoms with Gasteiger partial charge in [0.2, 0.25) is 0 Å². The number of piperidine rings is 1. The Bertz CT molecular complexity index is 1680. The highest BCUT2D eigenvalue weighted by molar-refractivity contribution is 7.16. The van der Waals surface area contributed by atoms with Gasteiger partial charge in [0.1, 0.15) is 0 Å². The van der Waals surface area contributed by atoms with Gasteiger partial charge in [-0.05, 0) is 69.3 Å². The molecule has 0 aliphatic carbocycles. The van der Waals surface area contributed by atoms with Crippen LogP contribution in [-0.4, -0.2) is 52.3 Å². The van der Waals surface area contributed by atoms with Crippen LogP contribution in [0, 0.1) is 31.1 Å². The molecule has 1 fully saturated rings. The second-order valence-electron chi connectivity index (χ2n) is 10.3. The topological polar surface area (TPSA) is 53.4 Å². The van der Waals surface area contributed by atoms with E-state index in [4.69, 9.17) is 34.7 Å². The largest absolute Gasteiger partial charge is 0.291 e. The molecule has 6 nitrogen and oxygen atoms in total. The van der Waals surface area contributed by atoms with E-state index in [2.05, 4.69) is 30.1 Å². The minimum absolute atomic E-state index is 0.262. The zero-order valence-corrected chi connectivity index (χ0v) is 25.9. The summed E-state index contributed by atoms with van der Waals surface area (Å²) in [6, 6.07) is 17.4. The van der Waals surface area contributed by atoms with Crippen LogP contribution < -0.4 is 5.43 Å². The number of carbonyl (C=O) groups is 1. The summed E-state index contributed by atoms with van der Waals surface area (Å²) in [5, 5.41) is 7.79. The van der Waals surface area contributed by atoms with Gasteiger partial charge in [0, 0.05) is 35.8 Å². The van der Waals surface area contributed by atoms with E-state index in [0.29, 0.717) is 34.5 Å². The third kappa shape index (κ3) is 7.07. The zero-order chi connectivity index (χ0) is 29.6. The average Bonchev–Trinajstić information content (AvgIpc) is 3.58.